The molecule has 0 amide bonds. The van der Waals surface area contributed by atoms with Gasteiger partial charge in [0.15, 0.2) is 0 Å². The first-order valence-corrected chi connectivity index (χ1v) is 5.60. The third-order valence-electron chi connectivity index (χ3n) is 3.42. The second kappa shape index (κ2) is 4.43. The van der Waals surface area contributed by atoms with Crippen molar-refractivity contribution in [1.29, 1.82) is 0 Å². The van der Waals surface area contributed by atoms with Crippen LogP contribution in [0.2, 0.25) is 0 Å². The van der Waals surface area contributed by atoms with E-state index in [1.807, 2.05) is 0 Å². The Bertz CT molecular complexity index is 144. The molecule has 13 heavy (non-hydrogen) atoms. The predicted molar refractivity (Wildman–Crippen MR) is 55.6 cm³/mol. The quantitative estimate of drug-likeness (QED) is 0.603. The Morgan fingerprint density at radius 3 is 2.54 bits per heavy atom. The van der Waals surface area contributed by atoms with Gasteiger partial charge in [-0.25, -0.2) is 0 Å². The fourth-order valence-corrected chi connectivity index (χ4v) is 2.48. The van der Waals surface area contributed by atoms with Crippen molar-refractivity contribution in [1.82, 2.24) is 9.80 Å². The van der Waals surface area contributed by atoms with Gasteiger partial charge in [0.25, 0.3) is 0 Å². The minimum atomic E-state index is 0.882. The van der Waals surface area contributed by atoms with Crippen LogP contribution in [-0.4, -0.2) is 49.1 Å². The minimum Gasteiger partial charge on any atom is -0.306 e. The topological polar surface area (TPSA) is 6.48 Å². The highest BCUT2D eigenvalue weighted by Crippen LogP contribution is 2.19. The van der Waals surface area contributed by atoms with Crippen LogP contribution in [0.1, 0.15) is 25.7 Å². The molecule has 0 N–H and O–H groups in total. The zero-order valence-corrected chi connectivity index (χ0v) is 8.71. The summed E-state index contributed by atoms with van der Waals surface area (Å²) in [6.45, 7) is 5.17. The van der Waals surface area contributed by atoms with Crippen molar-refractivity contribution in [3.63, 3.8) is 0 Å². The monoisotopic (exact) mass is 181 g/mol. The molecule has 0 atom stereocenters. The predicted octanol–water partition coefficient (Wildman–Crippen LogP) is 1.38. The number of hydrogen-bond acceptors (Lipinski definition) is 2. The van der Waals surface area contributed by atoms with Crippen molar-refractivity contribution in [2.45, 2.75) is 31.7 Å². The van der Waals surface area contributed by atoms with Gasteiger partial charge in [0, 0.05) is 12.6 Å². The van der Waals surface area contributed by atoms with Crippen LogP contribution in [0.15, 0.2) is 0 Å². The van der Waals surface area contributed by atoms with Gasteiger partial charge in [-0.05, 0) is 58.8 Å². The SMILES string of the molecule is CN1CCC(N2C[CH]CCC2)CC1. The number of rotatable bonds is 1. The van der Waals surface area contributed by atoms with Crippen LogP contribution in [0, 0.1) is 6.42 Å². The maximum Gasteiger partial charge on any atom is 0.0120 e. The number of nitrogens with zero attached hydrogens (tertiary/aromatic N) is 2. The highest BCUT2D eigenvalue weighted by atomic mass is 15.2. The first-order chi connectivity index (χ1) is 6.36. The summed E-state index contributed by atoms with van der Waals surface area (Å²) in [7, 11) is 2.23. The lowest BCUT2D eigenvalue weighted by atomic mass is 10.0. The molecule has 1 radical (unpaired) electrons. The van der Waals surface area contributed by atoms with Crippen LogP contribution >= 0.6 is 0 Å². The first-order valence-electron chi connectivity index (χ1n) is 5.60. The van der Waals surface area contributed by atoms with Gasteiger partial charge >= 0.3 is 0 Å². The van der Waals surface area contributed by atoms with E-state index in [-0.39, 0.29) is 0 Å². The maximum atomic E-state index is 2.68. The van der Waals surface area contributed by atoms with E-state index >= 15 is 0 Å². The van der Waals surface area contributed by atoms with Crippen molar-refractivity contribution in [3.8, 4) is 0 Å². The summed E-state index contributed by atoms with van der Waals surface area (Å²) in [6.07, 6.45) is 7.92. The molecule has 0 spiro atoms. The van der Waals surface area contributed by atoms with E-state index in [9.17, 15) is 0 Å². The van der Waals surface area contributed by atoms with Gasteiger partial charge in [0.1, 0.15) is 0 Å². The molecule has 2 fully saturated rings. The zero-order chi connectivity index (χ0) is 9.10. The fraction of sp³-hybridized carbons (Fsp3) is 0.909. The molecule has 0 bridgehead atoms. The molecular weight excluding hydrogens is 160 g/mol. The summed E-state index contributed by atoms with van der Waals surface area (Å²) in [5.41, 5.74) is 0. The molecule has 0 saturated carbocycles. The van der Waals surface area contributed by atoms with Gasteiger partial charge < -0.3 is 9.80 Å². The van der Waals surface area contributed by atoms with Crippen molar-refractivity contribution in [2.24, 2.45) is 0 Å². The molecule has 2 nitrogen and oxygen atoms in total. The van der Waals surface area contributed by atoms with E-state index in [0.717, 1.165) is 6.04 Å². The Kier molecular flexibility index (Phi) is 3.23. The number of likely N-dealkylation sites (tertiary alicyclic amines) is 2. The molecule has 2 saturated heterocycles. The second-order valence-electron chi connectivity index (χ2n) is 4.46. The van der Waals surface area contributed by atoms with E-state index < -0.39 is 0 Å². The van der Waals surface area contributed by atoms with Crippen LogP contribution in [0.25, 0.3) is 0 Å². The van der Waals surface area contributed by atoms with E-state index in [1.54, 1.807) is 0 Å². The standard InChI is InChI=1S/C11H21N2/c1-12-9-5-11(6-10-12)13-7-3-2-4-8-13/h3,11H,2,4-10H2,1H3. The fourth-order valence-electron chi connectivity index (χ4n) is 2.48. The first kappa shape index (κ1) is 9.47. The largest absolute Gasteiger partial charge is 0.306 e. The lowest BCUT2D eigenvalue weighted by molar-refractivity contribution is 0.117. The van der Waals surface area contributed by atoms with E-state index in [4.69, 9.17) is 0 Å². The molecular formula is C11H21N2. The maximum absolute atomic E-state index is 2.68. The van der Waals surface area contributed by atoms with Crippen molar-refractivity contribution < 1.29 is 0 Å². The second-order valence-corrected chi connectivity index (χ2v) is 4.46. The molecule has 0 aliphatic carbocycles. The molecule has 0 aromatic rings. The van der Waals surface area contributed by atoms with Gasteiger partial charge in [-0.3, -0.25) is 0 Å². The highest BCUT2D eigenvalue weighted by molar-refractivity contribution is 4.85. The van der Waals surface area contributed by atoms with Gasteiger partial charge in [-0.2, -0.15) is 0 Å². The van der Waals surface area contributed by atoms with Crippen molar-refractivity contribution >= 4 is 0 Å². The molecule has 2 aliphatic heterocycles. The van der Waals surface area contributed by atoms with Crippen LogP contribution < -0.4 is 0 Å². The van der Waals surface area contributed by atoms with E-state index in [0.29, 0.717) is 0 Å². The van der Waals surface area contributed by atoms with E-state index in [2.05, 4.69) is 23.3 Å². The molecule has 0 aromatic carbocycles. The number of piperidine rings is 2. The molecule has 2 heteroatoms. The lowest BCUT2D eigenvalue weighted by Crippen LogP contribution is -2.45. The molecule has 75 valence electrons. The summed E-state index contributed by atoms with van der Waals surface area (Å²) in [5.74, 6) is 0. The summed E-state index contributed by atoms with van der Waals surface area (Å²) in [4.78, 5) is 5.13. The average molecular weight is 181 g/mol. The minimum absolute atomic E-state index is 0.882. The molecule has 0 unspecified atom stereocenters. The van der Waals surface area contributed by atoms with E-state index in [1.165, 1.54) is 51.9 Å². The van der Waals surface area contributed by atoms with Crippen LogP contribution in [-0.2, 0) is 0 Å². The van der Waals surface area contributed by atoms with Crippen molar-refractivity contribution in [3.05, 3.63) is 6.42 Å². The highest BCUT2D eigenvalue weighted by Gasteiger charge is 2.23. The third kappa shape index (κ3) is 2.44. The van der Waals surface area contributed by atoms with Crippen LogP contribution in [0.5, 0.6) is 0 Å². The lowest BCUT2D eigenvalue weighted by Gasteiger charge is -2.39. The number of hydrogen-bond donors (Lipinski definition) is 0. The molecule has 2 rings (SSSR count). The summed E-state index contributed by atoms with van der Waals surface area (Å²) in [6, 6.07) is 0.882. The molecule has 0 aromatic heterocycles. The Balaban J connectivity index is 1.79. The van der Waals surface area contributed by atoms with Crippen LogP contribution in [0.4, 0.5) is 0 Å². The molecule has 2 aliphatic rings. The summed E-state index contributed by atoms with van der Waals surface area (Å²) >= 11 is 0. The van der Waals surface area contributed by atoms with Crippen molar-refractivity contribution in [2.75, 3.05) is 33.2 Å². The van der Waals surface area contributed by atoms with Gasteiger partial charge in [0.05, 0.1) is 0 Å². The molecule has 2 heterocycles. The smallest absolute Gasteiger partial charge is 0.0120 e. The Morgan fingerprint density at radius 1 is 1.15 bits per heavy atom. The third-order valence-corrected chi connectivity index (χ3v) is 3.42. The Hall–Kier alpha value is -0.0800. The van der Waals surface area contributed by atoms with Gasteiger partial charge in [0.2, 0.25) is 0 Å². The van der Waals surface area contributed by atoms with Gasteiger partial charge in [-0.15, -0.1) is 0 Å². The van der Waals surface area contributed by atoms with Gasteiger partial charge in [-0.1, -0.05) is 0 Å². The zero-order valence-electron chi connectivity index (χ0n) is 8.71. The normalized spacial score (nSPS) is 29.3. The average Bonchev–Trinajstić information content (AvgIpc) is 2.20. The Morgan fingerprint density at radius 2 is 1.92 bits per heavy atom. The summed E-state index contributed by atoms with van der Waals surface area (Å²) in [5, 5.41) is 0. The Labute approximate surface area is 81.9 Å². The van der Waals surface area contributed by atoms with Crippen LogP contribution in [0.3, 0.4) is 0 Å². The summed E-state index contributed by atoms with van der Waals surface area (Å²) < 4.78 is 0.